The zero-order valence-corrected chi connectivity index (χ0v) is 9.26. The number of rotatable bonds is 5. The van der Waals surface area contributed by atoms with Crippen molar-refractivity contribution in [1.29, 1.82) is 0 Å². The molecular weight excluding hydrogens is 206 g/mol. The van der Waals surface area contributed by atoms with Crippen LogP contribution in [0.3, 0.4) is 0 Å². The predicted molar refractivity (Wildman–Crippen MR) is 61.2 cm³/mol. The third-order valence-electron chi connectivity index (χ3n) is 2.43. The Kier molecular flexibility index (Phi) is 4.61. The Labute approximate surface area is 94.7 Å². The lowest BCUT2D eigenvalue weighted by atomic mass is 9.98. The number of nitrogens with two attached hydrogens (primary N) is 1. The van der Waals surface area contributed by atoms with Crippen molar-refractivity contribution < 1.29 is 15.0 Å². The molecule has 0 heterocycles. The summed E-state index contributed by atoms with van der Waals surface area (Å²) < 4.78 is 0. The van der Waals surface area contributed by atoms with E-state index in [2.05, 4.69) is 0 Å². The van der Waals surface area contributed by atoms with Crippen LogP contribution in [0.1, 0.15) is 34.0 Å². The number of aliphatic hydroxyl groups excluding tert-OH is 2. The van der Waals surface area contributed by atoms with Crippen molar-refractivity contribution in [1.82, 2.24) is 0 Å². The third-order valence-corrected chi connectivity index (χ3v) is 2.43. The summed E-state index contributed by atoms with van der Waals surface area (Å²) in [5.41, 5.74) is 7.22. The molecule has 88 valence electrons. The van der Waals surface area contributed by atoms with Gasteiger partial charge in [0, 0.05) is 5.56 Å². The SMILES string of the molecule is Cc1cc(C=O)cc(C(O)C(O)CCN)c1. The molecular formula is C12H17NO3. The Hall–Kier alpha value is -1.23. The van der Waals surface area contributed by atoms with Gasteiger partial charge >= 0.3 is 0 Å². The lowest BCUT2D eigenvalue weighted by Gasteiger charge is -2.18. The molecule has 0 aromatic heterocycles. The maximum Gasteiger partial charge on any atom is 0.150 e. The lowest BCUT2D eigenvalue weighted by molar-refractivity contribution is 0.0150. The average Bonchev–Trinajstić information content (AvgIpc) is 2.27. The Morgan fingerprint density at radius 2 is 2.06 bits per heavy atom. The van der Waals surface area contributed by atoms with E-state index in [0.717, 1.165) is 11.8 Å². The van der Waals surface area contributed by atoms with E-state index in [-0.39, 0.29) is 0 Å². The van der Waals surface area contributed by atoms with Gasteiger partial charge in [0.2, 0.25) is 0 Å². The van der Waals surface area contributed by atoms with Crippen LogP contribution in [-0.2, 0) is 0 Å². The summed E-state index contributed by atoms with van der Waals surface area (Å²) in [5.74, 6) is 0. The standard InChI is InChI=1S/C12H17NO3/c1-8-4-9(7-14)6-10(5-8)12(16)11(15)2-3-13/h4-7,11-12,15-16H,2-3,13H2,1H3. The highest BCUT2D eigenvalue weighted by Gasteiger charge is 2.18. The maximum atomic E-state index is 10.7. The van der Waals surface area contributed by atoms with Crippen molar-refractivity contribution >= 4 is 6.29 Å². The molecule has 0 amide bonds. The number of benzene rings is 1. The van der Waals surface area contributed by atoms with Crippen molar-refractivity contribution in [3.8, 4) is 0 Å². The first-order valence-corrected chi connectivity index (χ1v) is 5.21. The zero-order valence-electron chi connectivity index (χ0n) is 9.26. The Bertz CT molecular complexity index is 365. The molecule has 4 nitrogen and oxygen atoms in total. The Balaban J connectivity index is 2.93. The van der Waals surface area contributed by atoms with E-state index in [4.69, 9.17) is 5.73 Å². The third kappa shape index (κ3) is 3.13. The Morgan fingerprint density at radius 3 is 2.62 bits per heavy atom. The van der Waals surface area contributed by atoms with Gasteiger partial charge in [0.25, 0.3) is 0 Å². The van der Waals surface area contributed by atoms with Crippen LogP contribution in [0.4, 0.5) is 0 Å². The second-order valence-electron chi connectivity index (χ2n) is 3.88. The molecule has 1 aromatic rings. The summed E-state index contributed by atoms with van der Waals surface area (Å²) in [5, 5.41) is 19.5. The van der Waals surface area contributed by atoms with E-state index in [1.165, 1.54) is 0 Å². The van der Waals surface area contributed by atoms with Gasteiger partial charge in [0.05, 0.1) is 6.10 Å². The number of hydrogen-bond acceptors (Lipinski definition) is 4. The topological polar surface area (TPSA) is 83.5 Å². The minimum atomic E-state index is -0.998. The summed E-state index contributed by atoms with van der Waals surface area (Å²) in [6.45, 7) is 2.14. The normalized spacial score (nSPS) is 14.5. The van der Waals surface area contributed by atoms with Gasteiger partial charge in [-0.3, -0.25) is 4.79 Å². The summed E-state index contributed by atoms with van der Waals surface area (Å²) in [6, 6.07) is 5.04. The highest BCUT2D eigenvalue weighted by atomic mass is 16.3. The molecule has 0 spiro atoms. The molecule has 0 saturated carbocycles. The van der Waals surface area contributed by atoms with Crippen LogP contribution in [0.2, 0.25) is 0 Å². The fourth-order valence-electron chi connectivity index (χ4n) is 1.63. The van der Waals surface area contributed by atoms with E-state index in [1.807, 2.05) is 6.92 Å². The summed E-state index contributed by atoms with van der Waals surface area (Å²) in [4.78, 5) is 10.7. The maximum absolute atomic E-state index is 10.7. The predicted octanol–water partition coefficient (Wildman–Crippen LogP) is 0.551. The second kappa shape index (κ2) is 5.75. The minimum absolute atomic E-state index is 0.310. The van der Waals surface area contributed by atoms with Crippen LogP contribution in [0, 0.1) is 6.92 Å². The van der Waals surface area contributed by atoms with Crippen LogP contribution in [0.15, 0.2) is 18.2 Å². The van der Waals surface area contributed by atoms with Crippen LogP contribution >= 0.6 is 0 Å². The highest BCUT2D eigenvalue weighted by molar-refractivity contribution is 5.75. The lowest BCUT2D eigenvalue weighted by Crippen LogP contribution is -2.22. The molecule has 0 saturated heterocycles. The quantitative estimate of drug-likeness (QED) is 0.636. The molecule has 0 fully saturated rings. The number of carbonyl (C=O) groups excluding carboxylic acids is 1. The summed E-state index contributed by atoms with van der Waals surface area (Å²) in [7, 11) is 0. The van der Waals surface area contributed by atoms with Gasteiger partial charge in [-0.25, -0.2) is 0 Å². The van der Waals surface area contributed by atoms with Crippen LogP contribution in [0.5, 0.6) is 0 Å². The Morgan fingerprint density at radius 1 is 1.38 bits per heavy atom. The second-order valence-corrected chi connectivity index (χ2v) is 3.88. The van der Waals surface area contributed by atoms with Crippen molar-refractivity contribution in [2.75, 3.05) is 6.54 Å². The van der Waals surface area contributed by atoms with Crippen LogP contribution in [-0.4, -0.2) is 29.1 Å². The van der Waals surface area contributed by atoms with E-state index >= 15 is 0 Å². The molecule has 0 radical (unpaired) electrons. The van der Waals surface area contributed by atoms with E-state index in [0.29, 0.717) is 24.1 Å². The largest absolute Gasteiger partial charge is 0.390 e. The average molecular weight is 223 g/mol. The van der Waals surface area contributed by atoms with Crippen molar-refractivity contribution in [2.45, 2.75) is 25.6 Å². The fourth-order valence-corrected chi connectivity index (χ4v) is 1.63. The number of aryl methyl sites for hydroxylation is 1. The van der Waals surface area contributed by atoms with Crippen molar-refractivity contribution in [3.63, 3.8) is 0 Å². The first kappa shape index (κ1) is 12.8. The van der Waals surface area contributed by atoms with Gasteiger partial charge in [-0.05, 0) is 37.6 Å². The van der Waals surface area contributed by atoms with Gasteiger partial charge in [0.1, 0.15) is 12.4 Å². The smallest absolute Gasteiger partial charge is 0.150 e. The van der Waals surface area contributed by atoms with E-state index in [1.54, 1.807) is 18.2 Å². The number of aldehydes is 1. The molecule has 2 atom stereocenters. The molecule has 4 N–H and O–H groups in total. The fraction of sp³-hybridized carbons (Fsp3) is 0.417. The first-order chi connectivity index (χ1) is 7.58. The van der Waals surface area contributed by atoms with E-state index in [9.17, 15) is 15.0 Å². The van der Waals surface area contributed by atoms with Gasteiger partial charge in [-0.15, -0.1) is 0 Å². The van der Waals surface area contributed by atoms with Crippen LogP contribution < -0.4 is 5.73 Å². The molecule has 2 unspecified atom stereocenters. The van der Waals surface area contributed by atoms with Crippen molar-refractivity contribution in [2.24, 2.45) is 5.73 Å². The van der Waals surface area contributed by atoms with Crippen molar-refractivity contribution in [3.05, 3.63) is 34.9 Å². The van der Waals surface area contributed by atoms with Gasteiger partial charge in [0.15, 0.2) is 0 Å². The molecule has 16 heavy (non-hydrogen) atoms. The molecule has 0 aliphatic rings. The number of carbonyl (C=O) groups is 1. The summed E-state index contributed by atoms with van der Waals surface area (Å²) >= 11 is 0. The molecule has 0 bridgehead atoms. The van der Waals surface area contributed by atoms with Gasteiger partial charge in [-0.2, -0.15) is 0 Å². The molecule has 1 rings (SSSR count). The number of hydrogen-bond donors (Lipinski definition) is 3. The van der Waals surface area contributed by atoms with Crippen LogP contribution in [0.25, 0.3) is 0 Å². The molecule has 1 aromatic carbocycles. The minimum Gasteiger partial charge on any atom is -0.390 e. The molecule has 0 aliphatic heterocycles. The molecule has 0 aliphatic carbocycles. The van der Waals surface area contributed by atoms with E-state index < -0.39 is 12.2 Å². The van der Waals surface area contributed by atoms with Gasteiger partial charge in [-0.1, -0.05) is 11.6 Å². The zero-order chi connectivity index (χ0) is 12.1. The van der Waals surface area contributed by atoms with Gasteiger partial charge < -0.3 is 15.9 Å². The first-order valence-electron chi connectivity index (χ1n) is 5.21. The number of aliphatic hydroxyl groups is 2. The monoisotopic (exact) mass is 223 g/mol. The highest BCUT2D eigenvalue weighted by Crippen LogP contribution is 2.21. The summed E-state index contributed by atoms with van der Waals surface area (Å²) in [6.07, 6.45) is -0.849. The molecule has 4 heteroatoms.